The summed E-state index contributed by atoms with van der Waals surface area (Å²) in [6.07, 6.45) is 1.86. The third kappa shape index (κ3) is 3.66. The van der Waals surface area contributed by atoms with Crippen LogP contribution in [0.25, 0.3) is 0 Å². The first kappa shape index (κ1) is 12.7. The maximum absolute atomic E-state index is 12.0. The summed E-state index contributed by atoms with van der Waals surface area (Å²) in [5.41, 5.74) is 5.13. The first-order chi connectivity index (χ1) is 7.65. The molecular weight excluding hydrogens is 224 g/mol. The van der Waals surface area contributed by atoms with Gasteiger partial charge >= 0.3 is 0 Å². The first-order valence-electron chi connectivity index (χ1n) is 5.26. The second-order valence-electron chi connectivity index (χ2n) is 3.52. The van der Waals surface area contributed by atoms with E-state index in [1.807, 2.05) is 18.4 Å². The van der Waals surface area contributed by atoms with Gasteiger partial charge in [-0.3, -0.25) is 9.59 Å². The zero-order valence-corrected chi connectivity index (χ0v) is 10.1. The molecule has 0 spiro atoms. The van der Waals surface area contributed by atoms with E-state index in [1.54, 1.807) is 6.07 Å². The van der Waals surface area contributed by atoms with Crippen LogP contribution in [0.15, 0.2) is 17.5 Å². The summed E-state index contributed by atoms with van der Waals surface area (Å²) in [6, 6.07) is 3.58. The van der Waals surface area contributed by atoms with Crippen molar-refractivity contribution in [3.05, 3.63) is 22.4 Å². The lowest BCUT2D eigenvalue weighted by atomic mass is 10.3. The van der Waals surface area contributed by atoms with Gasteiger partial charge in [-0.1, -0.05) is 19.4 Å². The first-order valence-corrected chi connectivity index (χ1v) is 6.14. The van der Waals surface area contributed by atoms with Crippen molar-refractivity contribution in [1.29, 1.82) is 0 Å². The quantitative estimate of drug-likeness (QED) is 0.818. The Morgan fingerprint density at radius 2 is 2.25 bits per heavy atom. The van der Waals surface area contributed by atoms with Gasteiger partial charge in [0.2, 0.25) is 5.91 Å². The highest BCUT2D eigenvalue weighted by Gasteiger charge is 2.17. The number of hydrogen-bond donors (Lipinski definition) is 1. The molecule has 0 saturated carbocycles. The van der Waals surface area contributed by atoms with Crippen LogP contribution >= 0.6 is 11.3 Å². The van der Waals surface area contributed by atoms with Crippen LogP contribution in [0.2, 0.25) is 0 Å². The van der Waals surface area contributed by atoms with Crippen molar-refractivity contribution in [2.45, 2.75) is 19.8 Å². The molecular formula is C11H16N2O2S. The summed E-state index contributed by atoms with van der Waals surface area (Å²) >= 11 is 1.38. The number of primary amides is 1. The normalized spacial score (nSPS) is 10.1. The van der Waals surface area contributed by atoms with E-state index in [-0.39, 0.29) is 12.5 Å². The van der Waals surface area contributed by atoms with Crippen molar-refractivity contribution in [2.24, 2.45) is 5.73 Å². The summed E-state index contributed by atoms with van der Waals surface area (Å²) < 4.78 is 0. The highest BCUT2D eigenvalue weighted by atomic mass is 32.1. The Morgan fingerprint density at radius 3 is 2.75 bits per heavy atom. The van der Waals surface area contributed by atoms with E-state index in [4.69, 9.17) is 5.73 Å². The van der Waals surface area contributed by atoms with E-state index >= 15 is 0 Å². The van der Waals surface area contributed by atoms with Gasteiger partial charge in [-0.15, -0.1) is 11.3 Å². The monoisotopic (exact) mass is 240 g/mol. The number of nitrogens with zero attached hydrogens (tertiary/aromatic N) is 1. The number of nitrogens with two attached hydrogens (primary N) is 1. The minimum Gasteiger partial charge on any atom is -0.368 e. The van der Waals surface area contributed by atoms with Crippen LogP contribution in [-0.4, -0.2) is 29.8 Å². The van der Waals surface area contributed by atoms with Gasteiger partial charge in [0.15, 0.2) is 0 Å². The molecule has 0 aromatic carbocycles. The summed E-state index contributed by atoms with van der Waals surface area (Å²) in [7, 11) is 0. The van der Waals surface area contributed by atoms with E-state index in [0.29, 0.717) is 11.4 Å². The van der Waals surface area contributed by atoms with Crippen LogP contribution in [0.5, 0.6) is 0 Å². The zero-order valence-electron chi connectivity index (χ0n) is 9.31. The van der Waals surface area contributed by atoms with Crippen LogP contribution in [0.1, 0.15) is 29.4 Å². The molecule has 0 aliphatic heterocycles. The second kappa shape index (κ2) is 6.27. The number of carbonyl (C=O) groups excluding carboxylic acids is 2. The molecule has 5 heteroatoms. The van der Waals surface area contributed by atoms with Crippen molar-refractivity contribution in [2.75, 3.05) is 13.1 Å². The molecule has 88 valence electrons. The molecule has 0 radical (unpaired) electrons. The molecule has 2 N–H and O–H groups in total. The average molecular weight is 240 g/mol. The molecule has 1 rings (SSSR count). The Morgan fingerprint density at radius 1 is 1.50 bits per heavy atom. The number of rotatable bonds is 6. The van der Waals surface area contributed by atoms with Crippen LogP contribution in [0.4, 0.5) is 0 Å². The Hall–Kier alpha value is -1.36. The number of amides is 2. The number of hydrogen-bond acceptors (Lipinski definition) is 3. The topological polar surface area (TPSA) is 63.4 Å². The minimum atomic E-state index is -0.471. The zero-order chi connectivity index (χ0) is 12.0. The number of thiophene rings is 1. The van der Waals surface area contributed by atoms with Crippen LogP contribution in [-0.2, 0) is 4.79 Å². The molecule has 16 heavy (non-hydrogen) atoms. The largest absolute Gasteiger partial charge is 0.368 e. The van der Waals surface area contributed by atoms with E-state index in [9.17, 15) is 9.59 Å². The van der Waals surface area contributed by atoms with Crippen LogP contribution < -0.4 is 5.73 Å². The van der Waals surface area contributed by atoms with Crippen molar-refractivity contribution < 1.29 is 9.59 Å². The lowest BCUT2D eigenvalue weighted by Crippen LogP contribution is -2.38. The van der Waals surface area contributed by atoms with Crippen molar-refractivity contribution in [3.8, 4) is 0 Å². The number of unbranched alkanes of at least 4 members (excludes halogenated alkanes) is 1. The van der Waals surface area contributed by atoms with E-state index in [0.717, 1.165) is 12.8 Å². The van der Waals surface area contributed by atoms with E-state index < -0.39 is 5.91 Å². The van der Waals surface area contributed by atoms with Crippen LogP contribution in [0, 0.1) is 0 Å². The third-order valence-electron chi connectivity index (χ3n) is 2.15. The molecule has 2 amide bonds. The summed E-state index contributed by atoms with van der Waals surface area (Å²) in [5.74, 6) is -0.580. The van der Waals surface area contributed by atoms with Gasteiger partial charge in [-0.05, 0) is 17.9 Å². The average Bonchev–Trinajstić information content (AvgIpc) is 2.76. The minimum absolute atomic E-state index is 0.00324. The summed E-state index contributed by atoms with van der Waals surface area (Å²) in [6.45, 7) is 2.62. The fourth-order valence-corrected chi connectivity index (χ4v) is 2.04. The van der Waals surface area contributed by atoms with Gasteiger partial charge in [0.1, 0.15) is 0 Å². The maximum Gasteiger partial charge on any atom is 0.264 e. The predicted molar refractivity (Wildman–Crippen MR) is 64.3 cm³/mol. The fourth-order valence-electron chi connectivity index (χ4n) is 1.35. The molecule has 1 heterocycles. The van der Waals surface area contributed by atoms with Gasteiger partial charge in [-0.2, -0.15) is 0 Å². The molecule has 0 fully saturated rings. The molecule has 0 atom stereocenters. The Labute approximate surface area is 99.0 Å². The molecule has 1 aromatic heterocycles. The lowest BCUT2D eigenvalue weighted by molar-refractivity contribution is -0.118. The van der Waals surface area contributed by atoms with E-state index in [1.165, 1.54) is 16.2 Å². The Bertz CT molecular complexity index is 349. The fraction of sp³-hybridized carbons (Fsp3) is 0.455. The van der Waals surface area contributed by atoms with Crippen molar-refractivity contribution in [3.63, 3.8) is 0 Å². The maximum atomic E-state index is 12.0. The summed E-state index contributed by atoms with van der Waals surface area (Å²) in [5, 5.41) is 1.84. The van der Waals surface area contributed by atoms with Crippen molar-refractivity contribution in [1.82, 2.24) is 4.90 Å². The second-order valence-corrected chi connectivity index (χ2v) is 4.47. The highest BCUT2D eigenvalue weighted by molar-refractivity contribution is 7.12. The lowest BCUT2D eigenvalue weighted by Gasteiger charge is -2.19. The number of carbonyl (C=O) groups is 2. The summed E-state index contributed by atoms with van der Waals surface area (Å²) in [4.78, 5) is 25.0. The molecule has 4 nitrogen and oxygen atoms in total. The van der Waals surface area contributed by atoms with Crippen LogP contribution in [0.3, 0.4) is 0 Å². The molecule has 0 unspecified atom stereocenters. The Kier molecular flexibility index (Phi) is 4.98. The van der Waals surface area contributed by atoms with E-state index in [2.05, 4.69) is 0 Å². The molecule has 0 aliphatic carbocycles. The standard InChI is InChI=1S/C11H16N2O2S/c1-2-3-6-13(8-10(12)14)11(15)9-5-4-7-16-9/h4-5,7H,2-3,6,8H2,1H3,(H2,12,14). The van der Waals surface area contributed by atoms with Crippen molar-refractivity contribution >= 4 is 23.2 Å². The SMILES string of the molecule is CCCCN(CC(N)=O)C(=O)c1cccs1. The molecule has 0 saturated heterocycles. The predicted octanol–water partition coefficient (Wildman–Crippen LogP) is 1.48. The third-order valence-corrected chi connectivity index (χ3v) is 3.01. The van der Waals surface area contributed by atoms with Gasteiger partial charge in [-0.25, -0.2) is 0 Å². The molecule has 0 bridgehead atoms. The highest BCUT2D eigenvalue weighted by Crippen LogP contribution is 2.12. The van der Waals surface area contributed by atoms with Gasteiger partial charge in [0, 0.05) is 6.54 Å². The Balaban J connectivity index is 2.67. The van der Waals surface area contributed by atoms with Gasteiger partial charge < -0.3 is 10.6 Å². The van der Waals surface area contributed by atoms with Gasteiger partial charge in [0.25, 0.3) is 5.91 Å². The molecule has 0 aliphatic rings. The molecule has 1 aromatic rings. The van der Waals surface area contributed by atoms with Gasteiger partial charge in [0.05, 0.1) is 11.4 Å². The smallest absolute Gasteiger partial charge is 0.264 e.